The second kappa shape index (κ2) is 73.1. The molecule has 1 unspecified atom stereocenters. The van der Waals surface area contributed by atoms with E-state index in [2.05, 4.69) is 72.4 Å². The van der Waals surface area contributed by atoms with Gasteiger partial charge in [0.15, 0.2) is 0 Å². The molecule has 4 nitrogen and oxygen atoms in total. The second-order valence-corrected chi connectivity index (χ2v) is 12.1. The van der Waals surface area contributed by atoms with E-state index in [1.165, 1.54) is 128 Å². The van der Waals surface area contributed by atoms with Gasteiger partial charge in [-0.05, 0) is 58.3 Å². The Morgan fingerprint density at radius 2 is 0.920 bits per heavy atom. The van der Waals surface area contributed by atoms with E-state index in [0.717, 1.165) is 19.3 Å². The van der Waals surface area contributed by atoms with Crippen LogP contribution in [0.3, 0.4) is 0 Å². The molecule has 4 heteroatoms. The Morgan fingerprint density at radius 3 is 1.38 bits per heavy atom. The SMILES string of the molecule is C=CCCCCCCCCOC(COC=O)COCC.CC.CC.CCC.CCCCC/C=C\C/C=C\CCCCCCC.CCCCCC. The van der Waals surface area contributed by atoms with E-state index in [0.29, 0.717) is 26.3 Å². The van der Waals surface area contributed by atoms with Gasteiger partial charge < -0.3 is 14.2 Å². The lowest BCUT2D eigenvalue weighted by atomic mass is 10.1. The average Bonchev–Trinajstić information content (AvgIpc) is 3.15. The predicted molar refractivity (Wildman–Crippen MR) is 230 cm³/mol. The van der Waals surface area contributed by atoms with Gasteiger partial charge in [-0.1, -0.05) is 196 Å². The molecule has 1 atom stereocenters. The average molecular weight is 713 g/mol. The van der Waals surface area contributed by atoms with Gasteiger partial charge in [0, 0.05) is 13.2 Å². The largest absolute Gasteiger partial charge is 0.465 e. The molecule has 304 valence electrons. The van der Waals surface area contributed by atoms with Gasteiger partial charge in [-0.3, -0.25) is 4.79 Å². The van der Waals surface area contributed by atoms with E-state index >= 15 is 0 Å². The van der Waals surface area contributed by atoms with Crippen molar-refractivity contribution in [2.45, 2.75) is 230 Å². The highest BCUT2D eigenvalue weighted by Gasteiger charge is 2.09. The van der Waals surface area contributed by atoms with Crippen molar-refractivity contribution in [3.05, 3.63) is 37.0 Å². The minimum absolute atomic E-state index is 0.146. The normalized spacial score (nSPS) is 10.5. The number of allylic oxidation sites excluding steroid dienone is 5. The number of carbonyl (C=O) groups is 1. The van der Waals surface area contributed by atoms with Gasteiger partial charge in [0.2, 0.25) is 0 Å². The zero-order chi connectivity index (χ0) is 39.0. The lowest BCUT2D eigenvalue weighted by Gasteiger charge is -2.16. The summed E-state index contributed by atoms with van der Waals surface area (Å²) in [4.78, 5) is 10.2. The van der Waals surface area contributed by atoms with Crippen molar-refractivity contribution >= 4 is 6.47 Å². The summed E-state index contributed by atoms with van der Waals surface area (Å²) < 4.78 is 15.7. The molecule has 0 aromatic heterocycles. The molecule has 0 aromatic rings. The number of rotatable bonds is 31. The molecule has 50 heavy (non-hydrogen) atoms. The molecular weight excluding hydrogens is 617 g/mol. The summed E-state index contributed by atoms with van der Waals surface area (Å²) in [5.74, 6) is 0. The van der Waals surface area contributed by atoms with Crippen molar-refractivity contribution in [2.24, 2.45) is 0 Å². The van der Waals surface area contributed by atoms with Crippen molar-refractivity contribution < 1.29 is 19.0 Å². The van der Waals surface area contributed by atoms with Crippen LogP contribution in [0.1, 0.15) is 224 Å². The fourth-order valence-corrected chi connectivity index (χ4v) is 4.27. The number of hydrogen-bond donors (Lipinski definition) is 0. The van der Waals surface area contributed by atoms with E-state index in [-0.39, 0.29) is 12.7 Å². The highest BCUT2D eigenvalue weighted by atomic mass is 16.6. The van der Waals surface area contributed by atoms with Crippen LogP contribution in [-0.2, 0) is 19.0 Å². The molecule has 0 radical (unpaired) electrons. The maximum Gasteiger partial charge on any atom is 0.293 e. The molecule has 0 aliphatic carbocycles. The summed E-state index contributed by atoms with van der Waals surface area (Å²) in [7, 11) is 0. The first-order chi connectivity index (χ1) is 24.6. The van der Waals surface area contributed by atoms with Crippen LogP contribution >= 0.6 is 0 Å². The first kappa shape index (κ1) is 60.7. The van der Waals surface area contributed by atoms with Gasteiger partial charge in [-0.25, -0.2) is 0 Å². The smallest absolute Gasteiger partial charge is 0.293 e. The van der Waals surface area contributed by atoms with Gasteiger partial charge >= 0.3 is 0 Å². The standard InChI is InChI=1S/C17H32.C16H30O4.C6H14.C3H8.2C2H6/c1-3-5-7-9-11-13-15-17-16-14-12-10-8-6-4-2;1-3-5-6-7-8-9-10-11-12-20-16(13-18-4-2)14-19-15-17;1-3-5-6-4-2;1-3-2;2*1-2/h11,13,16-17H,3-10,12,14-15H2,1-2H3;3,15-16H,1,4-14H2,2H3;3-6H2,1-2H3;3H2,1-2H3;2*1-2H3/b13-11-,17-16-;;;;;. The van der Waals surface area contributed by atoms with Crippen LogP contribution in [0.25, 0.3) is 0 Å². The molecule has 0 heterocycles. The van der Waals surface area contributed by atoms with Crippen LogP contribution in [0, 0.1) is 0 Å². The predicted octanol–water partition coefficient (Wildman–Crippen LogP) is 16.0. The fraction of sp³-hybridized carbons (Fsp3) is 0.848. The van der Waals surface area contributed by atoms with E-state index in [9.17, 15) is 4.79 Å². The maximum atomic E-state index is 10.2. The molecular formula is C46H96O4. The third-order valence-corrected chi connectivity index (χ3v) is 7.03. The van der Waals surface area contributed by atoms with Crippen LogP contribution in [0.2, 0.25) is 0 Å². The Hall–Kier alpha value is -1.39. The number of unbranched alkanes of at least 4 members (excludes halogenated alkanes) is 17. The number of hydrogen-bond acceptors (Lipinski definition) is 4. The summed E-state index contributed by atoms with van der Waals surface area (Å²) in [5, 5.41) is 0. The van der Waals surface area contributed by atoms with Gasteiger partial charge in [0.1, 0.15) is 12.7 Å². The van der Waals surface area contributed by atoms with Crippen LogP contribution in [0.4, 0.5) is 0 Å². The monoisotopic (exact) mass is 713 g/mol. The molecule has 0 saturated carbocycles. The molecule has 0 aromatic carbocycles. The summed E-state index contributed by atoms with van der Waals surface area (Å²) in [5.41, 5.74) is 0. The second-order valence-electron chi connectivity index (χ2n) is 12.1. The Kier molecular flexibility index (Phi) is 88.8. The lowest BCUT2D eigenvalue weighted by Crippen LogP contribution is -2.26. The van der Waals surface area contributed by atoms with E-state index in [1.807, 2.05) is 40.7 Å². The highest BCUT2D eigenvalue weighted by Crippen LogP contribution is 2.08. The molecule has 0 bridgehead atoms. The third-order valence-electron chi connectivity index (χ3n) is 7.03. The van der Waals surface area contributed by atoms with E-state index in [4.69, 9.17) is 14.2 Å². The third kappa shape index (κ3) is 80.9. The maximum absolute atomic E-state index is 10.2. The van der Waals surface area contributed by atoms with Crippen molar-refractivity contribution in [3.8, 4) is 0 Å². The van der Waals surface area contributed by atoms with Gasteiger partial charge in [0.05, 0.1) is 6.61 Å². The van der Waals surface area contributed by atoms with Crippen molar-refractivity contribution in [3.63, 3.8) is 0 Å². The topological polar surface area (TPSA) is 44.8 Å². The number of ether oxygens (including phenoxy) is 3. The van der Waals surface area contributed by atoms with E-state index < -0.39 is 0 Å². The van der Waals surface area contributed by atoms with Crippen LogP contribution in [0.5, 0.6) is 0 Å². The van der Waals surface area contributed by atoms with Crippen molar-refractivity contribution in [1.29, 1.82) is 0 Å². The van der Waals surface area contributed by atoms with Crippen LogP contribution < -0.4 is 0 Å². The molecule has 0 aliphatic heterocycles. The van der Waals surface area contributed by atoms with Gasteiger partial charge in [-0.15, -0.1) is 6.58 Å². The zero-order valence-corrected chi connectivity index (χ0v) is 36.5. The number of carbonyl (C=O) groups excluding carboxylic acids is 1. The lowest BCUT2D eigenvalue weighted by molar-refractivity contribution is -0.134. The summed E-state index contributed by atoms with van der Waals surface area (Å²) in [6.07, 6.45) is 41.0. The van der Waals surface area contributed by atoms with Crippen LogP contribution in [-0.4, -0.2) is 39.0 Å². The molecule has 0 spiro atoms. The van der Waals surface area contributed by atoms with Crippen molar-refractivity contribution in [1.82, 2.24) is 0 Å². The highest BCUT2D eigenvalue weighted by molar-refractivity contribution is 5.36. The Bertz CT molecular complexity index is 554. The zero-order valence-electron chi connectivity index (χ0n) is 36.5. The first-order valence-corrected chi connectivity index (χ1v) is 21.7. The Balaban J connectivity index is -0.000000145. The van der Waals surface area contributed by atoms with E-state index in [1.54, 1.807) is 0 Å². The van der Waals surface area contributed by atoms with Crippen LogP contribution in [0.15, 0.2) is 37.0 Å². The quantitative estimate of drug-likeness (QED) is 0.0408. The molecule has 0 aliphatic rings. The minimum atomic E-state index is -0.146. The fourth-order valence-electron chi connectivity index (χ4n) is 4.27. The van der Waals surface area contributed by atoms with Crippen molar-refractivity contribution in [2.75, 3.05) is 26.4 Å². The van der Waals surface area contributed by atoms with Gasteiger partial charge in [0.25, 0.3) is 6.47 Å². The first-order valence-electron chi connectivity index (χ1n) is 21.7. The summed E-state index contributed by atoms with van der Waals surface area (Å²) >= 11 is 0. The molecule has 0 fully saturated rings. The Morgan fingerprint density at radius 1 is 0.520 bits per heavy atom. The molecule has 0 saturated heterocycles. The summed E-state index contributed by atoms with van der Waals surface area (Å²) in [6, 6.07) is 0. The molecule has 0 rings (SSSR count). The summed E-state index contributed by atoms with van der Waals surface area (Å²) in [6.45, 7) is 29.4. The molecule has 0 amide bonds. The Labute approximate surface area is 318 Å². The minimum Gasteiger partial charge on any atom is -0.465 e. The van der Waals surface area contributed by atoms with Gasteiger partial charge in [-0.2, -0.15) is 0 Å². The molecule has 0 N–H and O–H groups in total.